The number of hydrogen-bond donors (Lipinski definition) is 1. The highest BCUT2D eigenvalue weighted by Gasteiger charge is 2.58. The van der Waals surface area contributed by atoms with Gasteiger partial charge in [-0.15, -0.1) is 0 Å². The van der Waals surface area contributed by atoms with Crippen LogP contribution in [0.1, 0.15) is 48.5 Å². The average molecular weight is 459 g/mol. The molecule has 0 amide bonds. The van der Waals surface area contributed by atoms with Gasteiger partial charge in [0.25, 0.3) is 0 Å². The van der Waals surface area contributed by atoms with Gasteiger partial charge in [-0.05, 0) is 34.6 Å². The van der Waals surface area contributed by atoms with Gasteiger partial charge in [-0.25, -0.2) is 0 Å². The second-order valence-corrected chi connectivity index (χ2v) is 8.26. The van der Waals surface area contributed by atoms with E-state index in [1.165, 1.54) is 6.92 Å². The highest BCUT2D eigenvalue weighted by atomic mass is 16.8. The summed E-state index contributed by atoms with van der Waals surface area (Å²) in [6.45, 7) is 10.7. The molecule has 180 valence electrons. The lowest BCUT2D eigenvalue weighted by Gasteiger charge is -2.31. The molecule has 0 aliphatic carbocycles. The number of ether oxygens (including phenoxy) is 7. The minimum atomic E-state index is -1.47. The van der Waals surface area contributed by atoms with Crippen molar-refractivity contribution in [2.24, 2.45) is 0 Å². The predicted octanol–water partition coefficient (Wildman–Crippen LogP) is 2.14. The minimum Gasteiger partial charge on any atom is -0.475 e. The molecular weight excluding hydrogens is 428 g/mol. The van der Waals surface area contributed by atoms with Crippen molar-refractivity contribution in [1.29, 1.82) is 5.39 Å². The van der Waals surface area contributed by atoms with Crippen LogP contribution in [-0.2, 0) is 42.7 Å². The first kappa shape index (κ1) is 25.8. The molecule has 2 heterocycles. The summed E-state index contributed by atoms with van der Waals surface area (Å²) < 4.78 is 39.3. The second kappa shape index (κ2) is 9.99. The molecule has 0 saturated carbocycles. The Labute approximate surface area is 186 Å². The standard InChI is InChI=1S/C20H30N2O10/c1-8-26-18(25)13(22-21)15(29-11(3)24)17-16(31-20(6,7)32-17)14(28-10(2)23)12-9-27-19(4,5)30-12/h12,14-17H,8-9H2,1-7H3/p+1/b18-13-/t12-,14-,15-,16+,17-/m1/s1. The van der Waals surface area contributed by atoms with Gasteiger partial charge >= 0.3 is 23.6 Å². The van der Waals surface area contributed by atoms with Crippen LogP contribution < -0.4 is 0 Å². The molecule has 0 radical (unpaired) electrons. The van der Waals surface area contributed by atoms with Crippen LogP contribution in [0.15, 0.2) is 11.6 Å². The number of diazo groups is 1. The maximum Gasteiger partial charge on any atom is 0.483 e. The Morgan fingerprint density at radius 1 is 1.06 bits per heavy atom. The largest absolute Gasteiger partial charge is 0.483 e. The number of esters is 2. The van der Waals surface area contributed by atoms with Crippen molar-refractivity contribution in [3.05, 3.63) is 16.6 Å². The van der Waals surface area contributed by atoms with Crippen LogP contribution in [0.5, 0.6) is 0 Å². The molecule has 5 atom stereocenters. The number of aliphatic hydroxyl groups is 1. The first-order chi connectivity index (χ1) is 14.8. The van der Waals surface area contributed by atoms with Crippen molar-refractivity contribution in [2.75, 3.05) is 13.2 Å². The zero-order valence-corrected chi connectivity index (χ0v) is 19.3. The van der Waals surface area contributed by atoms with E-state index in [9.17, 15) is 20.1 Å². The van der Waals surface area contributed by atoms with Crippen LogP contribution in [0, 0.1) is 5.39 Å². The van der Waals surface area contributed by atoms with Crippen LogP contribution in [0.25, 0.3) is 4.98 Å². The Hall–Kier alpha value is -2.46. The van der Waals surface area contributed by atoms with Gasteiger partial charge < -0.3 is 38.3 Å². The Bertz CT molecular complexity index is 788. The zero-order chi connectivity index (χ0) is 24.3. The summed E-state index contributed by atoms with van der Waals surface area (Å²) in [6.07, 6.45) is -5.50. The smallest absolute Gasteiger partial charge is 0.475 e. The highest BCUT2D eigenvalue weighted by molar-refractivity contribution is 5.67. The topological polar surface area (TPSA) is 147 Å². The van der Waals surface area contributed by atoms with Gasteiger partial charge in [-0.1, -0.05) is 0 Å². The highest BCUT2D eigenvalue weighted by Crippen LogP contribution is 2.39. The number of aliphatic hydroxyl groups excluding tert-OH is 1. The maximum atomic E-state index is 11.9. The Morgan fingerprint density at radius 2 is 1.66 bits per heavy atom. The lowest BCUT2D eigenvalue weighted by Crippen LogP contribution is -2.51. The van der Waals surface area contributed by atoms with Gasteiger partial charge in [0.1, 0.15) is 18.3 Å². The van der Waals surface area contributed by atoms with E-state index in [2.05, 4.69) is 4.98 Å². The monoisotopic (exact) mass is 459 g/mol. The molecule has 2 aliphatic heterocycles. The molecule has 0 unspecified atom stereocenters. The van der Waals surface area contributed by atoms with E-state index >= 15 is 0 Å². The number of hydrogen-bond acceptors (Lipinski definition) is 11. The number of nitrogens with zero attached hydrogens (tertiary/aromatic N) is 2. The molecule has 12 nitrogen and oxygen atoms in total. The molecule has 0 bridgehead atoms. The zero-order valence-electron chi connectivity index (χ0n) is 19.3. The minimum absolute atomic E-state index is 0.0486. The fourth-order valence-corrected chi connectivity index (χ4v) is 3.62. The summed E-state index contributed by atoms with van der Waals surface area (Å²) in [4.78, 5) is 26.8. The second-order valence-electron chi connectivity index (χ2n) is 8.26. The quantitative estimate of drug-likeness (QED) is 0.323. The fourth-order valence-electron chi connectivity index (χ4n) is 3.62. The normalized spacial score (nSPS) is 28.8. The van der Waals surface area contributed by atoms with E-state index in [-0.39, 0.29) is 13.2 Å². The predicted molar refractivity (Wildman–Crippen MR) is 106 cm³/mol. The van der Waals surface area contributed by atoms with Crippen molar-refractivity contribution in [2.45, 2.75) is 90.6 Å². The first-order valence-electron chi connectivity index (χ1n) is 10.2. The van der Waals surface area contributed by atoms with Crippen molar-refractivity contribution >= 4 is 11.9 Å². The van der Waals surface area contributed by atoms with Crippen LogP contribution in [0.2, 0.25) is 0 Å². The van der Waals surface area contributed by atoms with Gasteiger partial charge in [0.2, 0.25) is 11.5 Å². The molecule has 0 aromatic heterocycles. The van der Waals surface area contributed by atoms with E-state index in [0.717, 1.165) is 6.92 Å². The van der Waals surface area contributed by atoms with Gasteiger partial charge in [0.05, 0.1) is 13.2 Å². The third-order valence-electron chi connectivity index (χ3n) is 4.65. The SMILES string of the molecule is CCO/C(O)=C(\[N+]#N)[C@@H](OC(C)=O)[C@H]1OC(C)(C)O[C@H]1[C@H](OC(C)=O)[C@H]1COC(C)(C)O1. The number of carbonyl (C=O) groups excluding carboxylic acids is 2. The molecular formula is C20H31N2O10+. The maximum absolute atomic E-state index is 11.9. The summed E-state index contributed by atoms with van der Waals surface area (Å²) in [7, 11) is 0. The molecule has 1 N–H and O–H groups in total. The van der Waals surface area contributed by atoms with Gasteiger partial charge in [0.15, 0.2) is 22.7 Å². The van der Waals surface area contributed by atoms with Gasteiger partial charge in [-0.2, -0.15) is 0 Å². The van der Waals surface area contributed by atoms with Crippen LogP contribution in [0.3, 0.4) is 0 Å². The third-order valence-corrected chi connectivity index (χ3v) is 4.65. The third kappa shape index (κ3) is 6.29. The molecule has 0 aromatic rings. The van der Waals surface area contributed by atoms with Gasteiger partial charge in [-0.3, -0.25) is 9.59 Å². The summed E-state index contributed by atoms with van der Waals surface area (Å²) in [5.74, 6) is -4.28. The molecule has 2 aliphatic rings. The fraction of sp³-hybridized carbons (Fsp3) is 0.800. The Kier molecular flexibility index (Phi) is 8.06. The summed E-state index contributed by atoms with van der Waals surface area (Å²) in [5, 5.41) is 19.8. The van der Waals surface area contributed by atoms with Crippen LogP contribution in [-0.4, -0.2) is 72.4 Å². The molecule has 0 spiro atoms. The average Bonchev–Trinajstić information content (AvgIpc) is 3.17. The summed E-state index contributed by atoms with van der Waals surface area (Å²) in [5.41, 5.74) is -0.496. The molecule has 0 aromatic carbocycles. The van der Waals surface area contributed by atoms with Crippen molar-refractivity contribution in [3.8, 4) is 0 Å². The van der Waals surface area contributed by atoms with E-state index < -0.39 is 65.7 Å². The van der Waals surface area contributed by atoms with E-state index in [0.29, 0.717) is 0 Å². The van der Waals surface area contributed by atoms with E-state index in [1.807, 2.05) is 0 Å². The molecule has 2 saturated heterocycles. The molecule has 2 rings (SSSR count). The van der Waals surface area contributed by atoms with Gasteiger partial charge in [0, 0.05) is 13.8 Å². The van der Waals surface area contributed by atoms with E-state index in [4.69, 9.17) is 33.2 Å². The lowest BCUT2D eigenvalue weighted by molar-refractivity contribution is -0.193. The van der Waals surface area contributed by atoms with Crippen molar-refractivity contribution < 1.29 is 47.9 Å². The van der Waals surface area contributed by atoms with E-state index in [1.54, 1.807) is 34.6 Å². The van der Waals surface area contributed by atoms with Crippen molar-refractivity contribution in [3.63, 3.8) is 0 Å². The summed E-state index contributed by atoms with van der Waals surface area (Å²) >= 11 is 0. The molecule has 32 heavy (non-hydrogen) atoms. The van der Waals surface area contributed by atoms with Crippen LogP contribution >= 0.6 is 0 Å². The first-order valence-corrected chi connectivity index (χ1v) is 10.2. The molecule has 2 fully saturated rings. The lowest BCUT2D eigenvalue weighted by atomic mass is 9.97. The molecule has 12 heteroatoms. The number of rotatable bonds is 8. The summed E-state index contributed by atoms with van der Waals surface area (Å²) in [6, 6.07) is 0. The Morgan fingerprint density at radius 3 is 2.12 bits per heavy atom. The number of carbonyl (C=O) groups is 2. The Balaban J connectivity index is 2.52. The van der Waals surface area contributed by atoms with Crippen LogP contribution in [0.4, 0.5) is 0 Å². The van der Waals surface area contributed by atoms with Crippen molar-refractivity contribution in [1.82, 2.24) is 0 Å².